The molecule has 0 bridgehead atoms. The zero-order chi connectivity index (χ0) is 24.1. The maximum Gasteiger partial charge on any atom is 0.164 e. The first-order valence-corrected chi connectivity index (χ1v) is 11.8. The van der Waals surface area contributed by atoms with Crippen LogP contribution in [0.4, 0.5) is 10.2 Å². The molecule has 2 aromatic carbocycles. The van der Waals surface area contributed by atoms with Gasteiger partial charge in [0.05, 0.1) is 17.1 Å². The van der Waals surface area contributed by atoms with E-state index >= 15 is 4.39 Å². The molecule has 8 heteroatoms. The molecule has 3 aromatic heterocycles. The SMILES string of the molecule is CN(C)CC1CC(n2nc(-c3ccc4ccc(-c5ccccc5)nc4c3F)c3c(N)ncnc32)C1. The van der Waals surface area contributed by atoms with Crippen molar-refractivity contribution in [2.75, 3.05) is 26.4 Å². The zero-order valence-corrected chi connectivity index (χ0v) is 19.7. The molecular weight excluding hydrogens is 441 g/mol. The quantitative estimate of drug-likeness (QED) is 0.394. The second-order valence-electron chi connectivity index (χ2n) is 9.57. The van der Waals surface area contributed by atoms with Crippen molar-refractivity contribution >= 4 is 27.8 Å². The van der Waals surface area contributed by atoms with Crippen LogP contribution in [0.1, 0.15) is 18.9 Å². The van der Waals surface area contributed by atoms with Crippen LogP contribution in [0.2, 0.25) is 0 Å². The second-order valence-corrected chi connectivity index (χ2v) is 9.57. The first-order chi connectivity index (χ1) is 17.0. The largest absolute Gasteiger partial charge is 0.383 e. The highest BCUT2D eigenvalue weighted by atomic mass is 19.1. The zero-order valence-electron chi connectivity index (χ0n) is 19.7. The van der Waals surface area contributed by atoms with Crippen LogP contribution in [0.5, 0.6) is 0 Å². The molecule has 176 valence electrons. The van der Waals surface area contributed by atoms with E-state index in [1.54, 1.807) is 6.07 Å². The number of nitrogens with zero attached hydrogens (tertiary/aromatic N) is 6. The molecule has 6 rings (SSSR count). The van der Waals surface area contributed by atoms with Crippen LogP contribution in [-0.2, 0) is 0 Å². The van der Waals surface area contributed by atoms with Gasteiger partial charge in [-0.05, 0) is 45.0 Å². The third kappa shape index (κ3) is 3.70. The van der Waals surface area contributed by atoms with Gasteiger partial charge >= 0.3 is 0 Å². The number of benzene rings is 2. The Bertz CT molecular complexity index is 1540. The first kappa shape index (κ1) is 21.6. The van der Waals surface area contributed by atoms with E-state index in [-0.39, 0.29) is 6.04 Å². The number of halogens is 1. The molecule has 0 aliphatic heterocycles. The Morgan fingerprint density at radius 2 is 1.80 bits per heavy atom. The van der Waals surface area contributed by atoms with Crippen molar-refractivity contribution in [3.63, 3.8) is 0 Å². The third-order valence-corrected chi connectivity index (χ3v) is 6.82. The van der Waals surface area contributed by atoms with Gasteiger partial charge in [-0.25, -0.2) is 24.0 Å². The fourth-order valence-corrected chi connectivity index (χ4v) is 5.11. The normalized spacial score (nSPS) is 17.8. The van der Waals surface area contributed by atoms with Crippen LogP contribution in [0.25, 0.3) is 44.5 Å². The van der Waals surface area contributed by atoms with E-state index in [4.69, 9.17) is 10.8 Å². The monoisotopic (exact) mass is 467 g/mol. The van der Waals surface area contributed by atoms with Gasteiger partial charge in [-0.1, -0.05) is 42.5 Å². The van der Waals surface area contributed by atoms with Gasteiger partial charge in [0, 0.05) is 23.1 Å². The van der Waals surface area contributed by atoms with Gasteiger partial charge in [0.1, 0.15) is 23.4 Å². The highest BCUT2D eigenvalue weighted by Gasteiger charge is 2.34. The Kier molecular flexibility index (Phi) is 5.18. The average molecular weight is 468 g/mol. The van der Waals surface area contributed by atoms with Gasteiger partial charge in [0.15, 0.2) is 11.5 Å². The Balaban J connectivity index is 1.47. The van der Waals surface area contributed by atoms with Crippen molar-refractivity contribution in [1.82, 2.24) is 29.6 Å². The van der Waals surface area contributed by atoms with E-state index < -0.39 is 5.82 Å². The van der Waals surface area contributed by atoms with Crippen molar-refractivity contribution in [1.29, 1.82) is 0 Å². The van der Waals surface area contributed by atoms with Gasteiger partial charge in [-0.15, -0.1) is 0 Å². The van der Waals surface area contributed by atoms with Crippen LogP contribution in [0.3, 0.4) is 0 Å². The van der Waals surface area contributed by atoms with Crippen LogP contribution < -0.4 is 5.73 Å². The van der Waals surface area contributed by atoms with Gasteiger partial charge in [-0.2, -0.15) is 5.10 Å². The molecule has 0 spiro atoms. The van der Waals surface area contributed by atoms with Crippen LogP contribution >= 0.6 is 0 Å². The number of aromatic nitrogens is 5. The highest BCUT2D eigenvalue weighted by molar-refractivity contribution is 6.00. The minimum atomic E-state index is -0.422. The molecule has 0 radical (unpaired) electrons. The summed E-state index contributed by atoms with van der Waals surface area (Å²) < 4.78 is 17.9. The Hall–Kier alpha value is -3.91. The van der Waals surface area contributed by atoms with Gasteiger partial charge in [0.2, 0.25) is 0 Å². The lowest BCUT2D eigenvalue weighted by Gasteiger charge is -2.37. The molecule has 0 atom stereocenters. The summed E-state index contributed by atoms with van der Waals surface area (Å²) in [5.41, 5.74) is 9.68. The number of anilines is 1. The molecule has 0 amide bonds. The summed E-state index contributed by atoms with van der Waals surface area (Å²) in [6.45, 7) is 1.04. The maximum absolute atomic E-state index is 16.0. The van der Waals surface area contributed by atoms with E-state index in [0.29, 0.717) is 45.2 Å². The summed E-state index contributed by atoms with van der Waals surface area (Å²) in [7, 11) is 4.17. The smallest absolute Gasteiger partial charge is 0.164 e. The van der Waals surface area contributed by atoms with Crippen molar-refractivity contribution in [3.05, 3.63) is 66.7 Å². The van der Waals surface area contributed by atoms with Crippen LogP contribution in [0, 0.1) is 11.7 Å². The number of pyridine rings is 1. The molecule has 1 saturated carbocycles. The van der Waals surface area contributed by atoms with E-state index in [0.717, 1.165) is 30.3 Å². The Morgan fingerprint density at radius 1 is 1.03 bits per heavy atom. The molecule has 3 heterocycles. The summed E-state index contributed by atoms with van der Waals surface area (Å²) in [5, 5.41) is 6.17. The molecule has 2 N–H and O–H groups in total. The number of rotatable bonds is 5. The molecule has 5 aromatic rings. The molecule has 0 saturated heterocycles. The maximum atomic E-state index is 16.0. The third-order valence-electron chi connectivity index (χ3n) is 6.82. The Morgan fingerprint density at radius 3 is 2.57 bits per heavy atom. The summed E-state index contributed by atoms with van der Waals surface area (Å²) in [5.74, 6) is 0.481. The molecule has 1 fully saturated rings. The molecule has 1 aliphatic carbocycles. The molecular formula is C27H26FN7. The van der Waals surface area contributed by atoms with Crippen LogP contribution in [0.15, 0.2) is 60.9 Å². The lowest BCUT2D eigenvalue weighted by atomic mass is 9.80. The number of nitrogen functional groups attached to an aromatic ring is 1. The van der Waals surface area contributed by atoms with Crippen molar-refractivity contribution < 1.29 is 4.39 Å². The summed E-state index contributed by atoms with van der Waals surface area (Å²) in [6, 6.07) is 17.4. The number of hydrogen-bond acceptors (Lipinski definition) is 6. The van der Waals surface area contributed by atoms with E-state index in [1.165, 1.54) is 6.33 Å². The van der Waals surface area contributed by atoms with Gasteiger partial charge < -0.3 is 10.6 Å². The lowest BCUT2D eigenvalue weighted by Crippen LogP contribution is -2.34. The minimum Gasteiger partial charge on any atom is -0.383 e. The summed E-state index contributed by atoms with van der Waals surface area (Å²) in [6.07, 6.45) is 3.45. The highest BCUT2D eigenvalue weighted by Crippen LogP contribution is 2.42. The van der Waals surface area contributed by atoms with Gasteiger partial charge in [-0.3, -0.25) is 0 Å². The Labute approximate surface area is 202 Å². The molecule has 1 aliphatic rings. The fourth-order valence-electron chi connectivity index (χ4n) is 5.11. The summed E-state index contributed by atoms with van der Waals surface area (Å²) in [4.78, 5) is 15.5. The number of nitrogens with two attached hydrogens (primary N) is 1. The predicted octanol–water partition coefficient (Wildman–Crippen LogP) is 4.94. The number of hydrogen-bond donors (Lipinski definition) is 1. The van der Waals surface area contributed by atoms with E-state index in [9.17, 15) is 0 Å². The first-order valence-electron chi connectivity index (χ1n) is 11.8. The van der Waals surface area contributed by atoms with Crippen molar-refractivity contribution in [3.8, 4) is 22.5 Å². The van der Waals surface area contributed by atoms with Crippen LogP contribution in [-0.4, -0.2) is 50.3 Å². The summed E-state index contributed by atoms with van der Waals surface area (Å²) >= 11 is 0. The average Bonchev–Trinajstić information content (AvgIpc) is 3.22. The van der Waals surface area contributed by atoms with E-state index in [2.05, 4.69) is 33.9 Å². The van der Waals surface area contributed by atoms with Crippen molar-refractivity contribution in [2.45, 2.75) is 18.9 Å². The molecule has 7 nitrogen and oxygen atoms in total. The minimum absolute atomic E-state index is 0.205. The lowest BCUT2D eigenvalue weighted by molar-refractivity contribution is 0.149. The predicted molar refractivity (Wildman–Crippen MR) is 136 cm³/mol. The standard InChI is InChI=1S/C27H26FN7/c1-34(2)14-16-12-19(13-16)35-27-22(26(29)30-15-31-27)25(33-35)20-10-8-18-9-11-21(32-24(18)23(20)28)17-6-4-3-5-7-17/h3-11,15-16,19H,12-14H2,1-2H3,(H2,29,30,31). The second kappa shape index (κ2) is 8.39. The van der Waals surface area contributed by atoms with Gasteiger partial charge in [0.25, 0.3) is 0 Å². The molecule has 0 unspecified atom stereocenters. The number of fused-ring (bicyclic) bond motifs is 2. The van der Waals surface area contributed by atoms with E-state index in [1.807, 2.05) is 53.2 Å². The van der Waals surface area contributed by atoms with Crippen molar-refractivity contribution in [2.24, 2.45) is 5.92 Å². The topological polar surface area (TPSA) is 85.8 Å². The fraction of sp³-hybridized carbons (Fsp3) is 0.259. The molecule has 35 heavy (non-hydrogen) atoms.